The van der Waals surface area contributed by atoms with Gasteiger partial charge in [0.2, 0.25) is 0 Å². The first-order chi connectivity index (χ1) is 6.72. The Bertz CT molecular complexity index is 395. The molecule has 0 unspecified atom stereocenters. The molecule has 1 aliphatic heterocycles. The lowest BCUT2D eigenvalue weighted by Gasteiger charge is -2.26. The molecule has 0 saturated carbocycles. The van der Waals surface area contributed by atoms with Crippen LogP contribution in [0.15, 0.2) is 17.1 Å². The lowest BCUT2D eigenvalue weighted by molar-refractivity contribution is 0.266. The average molecular weight is 192 g/mol. The highest BCUT2D eigenvalue weighted by atomic mass is 16.1. The number of aromatic nitrogens is 1. The van der Waals surface area contributed by atoms with Crippen LogP contribution in [0.4, 0.5) is 0 Å². The van der Waals surface area contributed by atoms with E-state index in [1.54, 1.807) is 4.57 Å². The van der Waals surface area contributed by atoms with Crippen molar-refractivity contribution in [2.75, 3.05) is 13.1 Å². The Hall–Kier alpha value is -1.09. The van der Waals surface area contributed by atoms with Crippen molar-refractivity contribution < 1.29 is 0 Å². The Morgan fingerprint density at radius 1 is 1.50 bits per heavy atom. The van der Waals surface area contributed by atoms with E-state index in [4.69, 9.17) is 0 Å². The monoisotopic (exact) mass is 192 g/mol. The van der Waals surface area contributed by atoms with Gasteiger partial charge in [-0.3, -0.25) is 9.69 Å². The van der Waals surface area contributed by atoms with E-state index in [0.29, 0.717) is 0 Å². The third-order valence-electron chi connectivity index (χ3n) is 2.99. The van der Waals surface area contributed by atoms with Crippen molar-refractivity contribution >= 4 is 0 Å². The van der Waals surface area contributed by atoms with Gasteiger partial charge in [0.25, 0.3) is 5.56 Å². The van der Waals surface area contributed by atoms with Crippen LogP contribution in [0.5, 0.6) is 0 Å². The predicted octanol–water partition coefficient (Wildman–Crippen LogP) is 0.763. The Kier molecular flexibility index (Phi) is 2.42. The molecular weight excluding hydrogens is 176 g/mol. The topological polar surface area (TPSA) is 25.2 Å². The standard InChI is InChI=1S/C11H16N2O/c1-3-13-7-5-9-4-6-12(2)11(14)10(9)8-13/h4,6H,3,5,7-8H2,1-2H3. The first-order valence-corrected chi connectivity index (χ1v) is 5.12. The normalized spacial score (nSPS) is 16.7. The number of hydrogen-bond donors (Lipinski definition) is 0. The summed E-state index contributed by atoms with van der Waals surface area (Å²) in [5, 5.41) is 0. The highest BCUT2D eigenvalue weighted by Crippen LogP contribution is 2.14. The van der Waals surface area contributed by atoms with Crippen molar-refractivity contribution in [3.8, 4) is 0 Å². The molecule has 0 saturated heterocycles. The second-order valence-corrected chi connectivity index (χ2v) is 3.85. The predicted molar refractivity (Wildman–Crippen MR) is 56.3 cm³/mol. The van der Waals surface area contributed by atoms with Crippen molar-refractivity contribution in [1.29, 1.82) is 0 Å². The SMILES string of the molecule is CCN1CCc2ccn(C)c(=O)c2C1. The summed E-state index contributed by atoms with van der Waals surface area (Å²) in [5.74, 6) is 0. The number of nitrogens with zero attached hydrogens (tertiary/aromatic N) is 2. The summed E-state index contributed by atoms with van der Waals surface area (Å²) in [6.07, 6.45) is 2.88. The average Bonchev–Trinajstić information content (AvgIpc) is 2.23. The minimum absolute atomic E-state index is 0.167. The van der Waals surface area contributed by atoms with Crippen LogP contribution in [0, 0.1) is 0 Å². The van der Waals surface area contributed by atoms with Crippen LogP contribution >= 0.6 is 0 Å². The van der Waals surface area contributed by atoms with Crippen LogP contribution in [0.1, 0.15) is 18.1 Å². The van der Waals surface area contributed by atoms with Crippen LogP contribution in [0.25, 0.3) is 0 Å². The van der Waals surface area contributed by atoms with Gasteiger partial charge in [0.05, 0.1) is 0 Å². The molecule has 0 bridgehead atoms. The zero-order chi connectivity index (χ0) is 10.1. The summed E-state index contributed by atoms with van der Waals surface area (Å²) in [4.78, 5) is 14.1. The fourth-order valence-corrected chi connectivity index (χ4v) is 1.97. The molecular formula is C11H16N2O. The summed E-state index contributed by atoms with van der Waals surface area (Å²) in [7, 11) is 1.81. The minimum atomic E-state index is 0.167. The van der Waals surface area contributed by atoms with Gasteiger partial charge in [0.1, 0.15) is 0 Å². The Labute approximate surface area is 84.0 Å². The second kappa shape index (κ2) is 3.58. The largest absolute Gasteiger partial charge is 0.318 e. The van der Waals surface area contributed by atoms with Gasteiger partial charge in [-0.1, -0.05) is 6.92 Å². The van der Waals surface area contributed by atoms with Crippen LogP contribution in [-0.4, -0.2) is 22.6 Å². The Morgan fingerprint density at radius 3 is 3.00 bits per heavy atom. The first-order valence-electron chi connectivity index (χ1n) is 5.12. The van der Waals surface area contributed by atoms with E-state index < -0.39 is 0 Å². The highest BCUT2D eigenvalue weighted by Gasteiger charge is 2.17. The fourth-order valence-electron chi connectivity index (χ4n) is 1.97. The molecule has 2 heterocycles. The molecule has 0 aliphatic carbocycles. The number of hydrogen-bond acceptors (Lipinski definition) is 2. The van der Waals surface area contributed by atoms with E-state index in [0.717, 1.165) is 31.6 Å². The molecule has 0 aromatic carbocycles. The lowest BCUT2D eigenvalue weighted by Crippen LogP contribution is -2.36. The van der Waals surface area contributed by atoms with E-state index in [1.165, 1.54) is 5.56 Å². The van der Waals surface area contributed by atoms with Gasteiger partial charge < -0.3 is 4.57 Å². The van der Waals surface area contributed by atoms with Crippen LogP contribution in [0.3, 0.4) is 0 Å². The second-order valence-electron chi connectivity index (χ2n) is 3.85. The maximum Gasteiger partial charge on any atom is 0.255 e. The third-order valence-corrected chi connectivity index (χ3v) is 2.99. The minimum Gasteiger partial charge on any atom is -0.318 e. The molecule has 3 heteroatoms. The molecule has 0 atom stereocenters. The smallest absolute Gasteiger partial charge is 0.255 e. The molecule has 0 fully saturated rings. The van der Waals surface area contributed by atoms with E-state index in [1.807, 2.05) is 13.2 Å². The first kappa shape index (κ1) is 9.46. The van der Waals surface area contributed by atoms with E-state index >= 15 is 0 Å². The van der Waals surface area contributed by atoms with Gasteiger partial charge in [-0.15, -0.1) is 0 Å². The molecule has 0 N–H and O–H groups in total. The summed E-state index contributed by atoms with van der Waals surface area (Å²) < 4.78 is 1.66. The van der Waals surface area contributed by atoms with Crippen LogP contribution in [-0.2, 0) is 20.0 Å². The quantitative estimate of drug-likeness (QED) is 0.656. The fraction of sp³-hybridized carbons (Fsp3) is 0.545. The molecule has 1 aliphatic rings. The highest BCUT2D eigenvalue weighted by molar-refractivity contribution is 5.26. The maximum atomic E-state index is 11.8. The Balaban J connectivity index is 2.44. The van der Waals surface area contributed by atoms with Gasteiger partial charge in [-0.2, -0.15) is 0 Å². The van der Waals surface area contributed by atoms with Crippen LogP contribution in [0.2, 0.25) is 0 Å². The van der Waals surface area contributed by atoms with E-state index in [-0.39, 0.29) is 5.56 Å². The van der Waals surface area contributed by atoms with Crippen molar-refractivity contribution in [2.24, 2.45) is 7.05 Å². The summed E-state index contributed by atoms with van der Waals surface area (Å²) in [5.41, 5.74) is 2.39. The number of aryl methyl sites for hydroxylation is 1. The summed E-state index contributed by atoms with van der Waals surface area (Å²) in [6, 6.07) is 2.07. The summed E-state index contributed by atoms with van der Waals surface area (Å²) in [6.45, 7) is 5.06. The number of likely N-dealkylation sites (N-methyl/N-ethyl adjacent to an activating group) is 1. The number of rotatable bonds is 1. The van der Waals surface area contributed by atoms with Gasteiger partial charge in [-0.25, -0.2) is 0 Å². The molecule has 1 aromatic rings. The number of pyridine rings is 1. The number of fused-ring (bicyclic) bond motifs is 1. The molecule has 0 radical (unpaired) electrons. The zero-order valence-electron chi connectivity index (χ0n) is 8.79. The van der Waals surface area contributed by atoms with Crippen molar-refractivity contribution in [2.45, 2.75) is 19.9 Å². The molecule has 14 heavy (non-hydrogen) atoms. The molecule has 3 nitrogen and oxygen atoms in total. The van der Waals surface area contributed by atoms with Gasteiger partial charge in [-0.05, 0) is 24.6 Å². The van der Waals surface area contributed by atoms with E-state index in [2.05, 4.69) is 17.9 Å². The Morgan fingerprint density at radius 2 is 2.29 bits per heavy atom. The van der Waals surface area contributed by atoms with Crippen molar-refractivity contribution in [3.63, 3.8) is 0 Å². The van der Waals surface area contributed by atoms with Gasteiger partial charge in [0, 0.05) is 31.9 Å². The molecule has 0 amide bonds. The molecule has 2 rings (SSSR count). The molecule has 1 aromatic heterocycles. The van der Waals surface area contributed by atoms with Gasteiger partial charge in [0.15, 0.2) is 0 Å². The summed E-state index contributed by atoms with van der Waals surface area (Å²) >= 11 is 0. The lowest BCUT2D eigenvalue weighted by atomic mass is 10.0. The maximum absolute atomic E-state index is 11.8. The molecule has 76 valence electrons. The van der Waals surface area contributed by atoms with Gasteiger partial charge >= 0.3 is 0 Å². The van der Waals surface area contributed by atoms with Crippen molar-refractivity contribution in [1.82, 2.24) is 9.47 Å². The third kappa shape index (κ3) is 1.48. The van der Waals surface area contributed by atoms with Crippen LogP contribution < -0.4 is 5.56 Å². The zero-order valence-corrected chi connectivity index (χ0v) is 8.79. The van der Waals surface area contributed by atoms with E-state index in [9.17, 15) is 4.79 Å². The molecule has 0 spiro atoms. The van der Waals surface area contributed by atoms with Crippen molar-refractivity contribution in [3.05, 3.63) is 33.7 Å².